The number of aliphatic hydroxyl groups excluding tert-OH is 1. The highest BCUT2D eigenvalue weighted by Gasteiger charge is 2.40. The van der Waals surface area contributed by atoms with Crippen LogP contribution in [-0.4, -0.2) is 136 Å². The first-order chi connectivity index (χ1) is 27.3. The summed E-state index contributed by atoms with van der Waals surface area (Å²) in [6.07, 6.45) is 28.8. The molecule has 330 valence electrons. The van der Waals surface area contributed by atoms with Crippen molar-refractivity contribution in [1.82, 2.24) is 0 Å². The molecule has 0 spiro atoms. The fourth-order valence-corrected chi connectivity index (χ4v) is 6.67. The summed E-state index contributed by atoms with van der Waals surface area (Å²) >= 11 is 0. The number of ether oxygens (including phenoxy) is 10. The monoisotopic (exact) mass is 793 g/mol. The van der Waals surface area contributed by atoms with E-state index in [0.717, 1.165) is 12.8 Å². The minimum Gasteiger partial charge on any atom is -0.394 e. The van der Waals surface area contributed by atoms with Crippen molar-refractivity contribution in [3.63, 3.8) is 0 Å². The lowest BCUT2D eigenvalue weighted by molar-refractivity contribution is -0.184. The molecule has 0 aliphatic carbocycles. The minimum atomic E-state index is -0.428. The minimum absolute atomic E-state index is 0.00606. The molecule has 1 atom stereocenters. The highest BCUT2D eigenvalue weighted by Crippen LogP contribution is 2.35. The van der Waals surface area contributed by atoms with Crippen LogP contribution in [0.15, 0.2) is 0 Å². The second kappa shape index (κ2) is 43.1. The molecule has 1 unspecified atom stereocenters. The summed E-state index contributed by atoms with van der Waals surface area (Å²) in [6.45, 7) is 13.3. The summed E-state index contributed by atoms with van der Waals surface area (Å²) in [5, 5.41) is 8.63. The summed E-state index contributed by atoms with van der Waals surface area (Å²) < 4.78 is 57.3. The fraction of sp³-hybridized carbons (Fsp3) is 1.00. The Labute approximate surface area is 337 Å². The topological polar surface area (TPSA) is 113 Å². The van der Waals surface area contributed by atoms with Gasteiger partial charge in [-0.25, -0.2) is 0 Å². The van der Waals surface area contributed by atoms with Gasteiger partial charge in [-0.2, -0.15) is 0 Å². The molecule has 1 fully saturated rings. The van der Waals surface area contributed by atoms with Crippen molar-refractivity contribution in [2.45, 2.75) is 167 Å². The van der Waals surface area contributed by atoms with E-state index < -0.39 is 5.79 Å². The molecular formula is C44H88O11. The summed E-state index contributed by atoms with van der Waals surface area (Å²) in [7, 11) is 0. The number of unbranched alkanes of at least 4 members (excludes halogenated alkanes) is 18. The van der Waals surface area contributed by atoms with Crippen molar-refractivity contribution in [2.75, 3.05) is 119 Å². The van der Waals surface area contributed by atoms with Gasteiger partial charge in [0.25, 0.3) is 0 Å². The van der Waals surface area contributed by atoms with Crippen molar-refractivity contribution in [1.29, 1.82) is 0 Å². The zero-order valence-corrected chi connectivity index (χ0v) is 35.9. The lowest BCUT2D eigenvalue weighted by Gasteiger charge is -2.28. The molecule has 0 saturated carbocycles. The van der Waals surface area contributed by atoms with Gasteiger partial charge in [0, 0.05) is 12.8 Å². The van der Waals surface area contributed by atoms with Gasteiger partial charge in [0.2, 0.25) is 0 Å². The Balaban J connectivity index is 2.04. The molecule has 11 nitrogen and oxygen atoms in total. The molecule has 0 bridgehead atoms. The SMILES string of the molecule is CCCCCCCCCCCCC1(CCCCCCCCCCCC)OCC(COCCOCCOCCOCCOCCOCCOCCOCCO)O1. The first-order valence-corrected chi connectivity index (χ1v) is 22.8. The Morgan fingerprint density at radius 2 is 0.691 bits per heavy atom. The van der Waals surface area contributed by atoms with Crippen molar-refractivity contribution >= 4 is 0 Å². The zero-order valence-electron chi connectivity index (χ0n) is 35.9. The van der Waals surface area contributed by atoms with E-state index in [-0.39, 0.29) is 12.7 Å². The van der Waals surface area contributed by atoms with Crippen molar-refractivity contribution in [3.8, 4) is 0 Å². The molecular weight excluding hydrogens is 704 g/mol. The smallest absolute Gasteiger partial charge is 0.169 e. The largest absolute Gasteiger partial charge is 0.394 e. The van der Waals surface area contributed by atoms with Gasteiger partial charge in [0.05, 0.1) is 119 Å². The van der Waals surface area contributed by atoms with E-state index in [4.69, 9.17) is 52.5 Å². The van der Waals surface area contributed by atoms with Crippen LogP contribution in [0, 0.1) is 0 Å². The summed E-state index contributed by atoms with van der Waals surface area (Å²) in [6, 6.07) is 0. The Kier molecular flexibility index (Phi) is 41.2. The van der Waals surface area contributed by atoms with Crippen LogP contribution < -0.4 is 0 Å². The molecule has 0 aromatic heterocycles. The molecule has 1 aliphatic heterocycles. The normalized spacial score (nSPS) is 15.4. The van der Waals surface area contributed by atoms with Gasteiger partial charge in [-0.15, -0.1) is 0 Å². The van der Waals surface area contributed by atoms with Crippen LogP contribution in [0.25, 0.3) is 0 Å². The molecule has 1 saturated heterocycles. The molecule has 1 heterocycles. The number of rotatable bonds is 47. The summed E-state index contributed by atoms with van der Waals surface area (Å²) in [5.74, 6) is -0.428. The lowest BCUT2D eigenvalue weighted by Crippen LogP contribution is -2.32. The third-order valence-corrected chi connectivity index (χ3v) is 9.88. The third-order valence-electron chi connectivity index (χ3n) is 9.88. The Bertz CT molecular complexity index is 708. The van der Waals surface area contributed by atoms with Gasteiger partial charge in [0.15, 0.2) is 5.79 Å². The fourth-order valence-electron chi connectivity index (χ4n) is 6.67. The van der Waals surface area contributed by atoms with Crippen LogP contribution in [0.4, 0.5) is 0 Å². The van der Waals surface area contributed by atoms with Crippen molar-refractivity contribution in [3.05, 3.63) is 0 Å². The van der Waals surface area contributed by atoms with Crippen LogP contribution in [0.5, 0.6) is 0 Å². The molecule has 1 N–H and O–H groups in total. The van der Waals surface area contributed by atoms with Gasteiger partial charge in [-0.05, 0) is 12.8 Å². The Morgan fingerprint density at radius 1 is 0.400 bits per heavy atom. The van der Waals surface area contributed by atoms with Crippen LogP contribution >= 0.6 is 0 Å². The first-order valence-electron chi connectivity index (χ1n) is 22.8. The van der Waals surface area contributed by atoms with Crippen LogP contribution in [0.1, 0.15) is 155 Å². The quantitative estimate of drug-likeness (QED) is 0.0597. The van der Waals surface area contributed by atoms with E-state index in [0.29, 0.717) is 112 Å². The number of hydrogen-bond donors (Lipinski definition) is 1. The van der Waals surface area contributed by atoms with E-state index in [9.17, 15) is 0 Å². The molecule has 0 radical (unpaired) electrons. The summed E-state index contributed by atoms with van der Waals surface area (Å²) in [4.78, 5) is 0. The van der Waals surface area contributed by atoms with Gasteiger partial charge in [-0.1, -0.05) is 129 Å². The van der Waals surface area contributed by atoms with E-state index in [1.165, 1.54) is 128 Å². The molecule has 1 rings (SSSR count). The van der Waals surface area contributed by atoms with Gasteiger partial charge in [-0.3, -0.25) is 0 Å². The highest BCUT2D eigenvalue weighted by atomic mass is 16.8. The van der Waals surface area contributed by atoms with Gasteiger partial charge >= 0.3 is 0 Å². The van der Waals surface area contributed by atoms with E-state index >= 15 is 0 Å². The zero-order chi connectivity index (χ0) is 39.4. The lowest BCUT2D eigenvalue weighted by atomic mass is 9.98. The van der Waals surface area contributed by atoms with Gasteiger partial charge in [0.1, 0.15) is 6.10 Å². The standard InChI is InChI=1S/C44H88O11/c1-3-5-7-9-11-13-15-17-19-21-23-44(24-22-20-18-16-14-12-10-8-6-4-2)54-42-43(55-44)41-53-40-39-52-38-37-51-36-35-50-34-33-49-32-31-48-30-29-47-28-27-46-26-25-45/h43,45H,3-42H2,1-2H3. The predicted molar refractivity (Wildman–Crippen MR) is 220 cm³/mol. The van der Waals surface area contributed by atoms with Crippen LogP contribution in [-0.2, 0) is 47.4 Å². The maximum Gasteiger partial charge on any atom is 0.169 e. The second-order valence-electron chi connectivity index (χ2n) is 14.9. The first kappa shape index (κ1) is 52.6. The molecule has 0 amide bonds. The van der Waals surface area contributed by atoms with E-state index in [2.05, 4.69) is 13.8 Å². The van der Waals surface area contributed by atoms with Crippen LogP contribution in [0.2, 0.25) is 0 Å². The van der Waals surface area contributed by atoms with Crippen molar-refractivity contribution in [2.24, 2.45) is 0 Å². The molecule has 11 heteroatoms. The molecule has 0 aromatic carbocycles. The average molecular weight is 793 g/mol. The molecule has 55 heavy (non-hydrogen) atoms. The Morgan fingerprint density at radius 3 is 1.02 bits per heavy atom. The second-order valence-corrected chi connectivity index (χ2v) is 14.9. The Hall–Kier alpha value is -0.440. The maximum atomic E-state index is 8.63. The number of hydrogen-bond acceptors (Lipinski definition) is 11. The van der Waals surface area contributed by atoms with Gasteiger partial charge < -0.3 is 52.5 Å². The van der Waals surface area contributed by atoms with Crippen molar-refractivity contribution < 1.29 is 52.5 Å². The molecule has 0 aromatic rings. The maximum absolute atomic E-state index is 8.63. The molecule has 1 aliphatic rings. The average Bonchev–Trinajstić information content (AvgIpc) is 3.60. The van der Waals surface area contributed by atoms with E-state index in [1.807, 2.05) is 0 Å². The third kappa shape index (κ3) is 36.4. The highest BCUT2D eigenvalue weighted by molar-refractivity contribution is 4.80. The predicted octanol–water partition coefficient (Wildman–Crippen LogP) is 8.85. The number of aliphatic hydroxyl groups is 1. The van der Waals surface area contributed by atoms with E-state index in [1.54, 1.807) is 0 Å². The van der Waals surface area contributed by atoms with Crippen LogP contribution in [0.3, 0.4) is 0 Å². The summed E-state index contributed by atoms with van der Waals surface area (Å²) in [5.41, 5.74) is 0.